The molecular weight excluding hydrogens is 304 g/mol. The van der Waals surface area contributed by atoms with Crippen molar-refractivity contribution in [1.82, 2.24) is 5.32 Å². The number of benzene rings is 2. The molecule has 2 aromatic rings. The fraction of sp³-hybridized carbons (Fsp3) is 0.105. The van der Waals surface area contributed by atoms with Crippen molar-refractivity contribution >= 4 is 23.3 Å². The Labute approximate surface area is 140 Å². The van der Waals surface area contributed by atoms with Gasteiger partial charge in [-0.2, -0.15) is 0 Å². The van der Waals surface area contributed by atoms with Crippen LogP contribution in [-0.4, -0.2) is 24.1 Å². The van der Waals surface area contributed by atoms with Crippen LogP contribution in [0.15, 0.2) is 61.2 Å². The van der Waals surface area contributed by atoms with E-state index >= 15 is 0 Å². The van der Waals surface area contributed by atoms with Crippen LogP contribution in [0.1, 0.15) is 38.0 Å². The van der Waals surface area contributed by atoms with Crippen molar-refractivity contribution in [1.29, 1.82) is 0 Å². The van der Waals surface area contributed by atoms with Crippen molar-refractivity contribution in [3.63, 3.8) is 0 Å². The zero-order valence-corrected chi connectivity index (χ0v) is 13.3. The van der Waals surface area contributed by atoms with Gasteiger partial charge in [0.05, 0.1) is 0 Å². The molecule has 0 heterocycles. The van der Waals surface area contributed by atoms with Gasteiger partial charge in [0.2, 0.25) is 0 Å². The van der Waals surface area contributed by atoms with Gasteiger partial charge in [-0.1, -0.05) is 12.1 Å². The average molecular weight is 322 g/mol. The summed E-state index contributed by atoms with van der Waals surface area (Å²) in [6.45, 7) is 5.38. The van der Waals surface area contributed by atoms with Crippen LogP contribution < -0.4 is 10.6 Å². The van der Waals surface area contributed by atoms with Gasteiger partial charge in [-0.05, 0) is 49.4 Å². The maximum Gasteiger partial charge on any atom is 0.255 e. The lowest BCUT2D eigenvalue weighted by Crippen LogP contribution is -2.23. The van der Waals surface area contributed by atoms with E-state index in [2.05, 4.69) is 17.2 Å². The minimum atomic E-state index is -0.330. The first-order valence-electron chi connectivity index (χ1n) is 7.43. The van der Waals surface area contributed by atoms with E-state index in [4.69, 9.17) is 0 Å². The summed E-state index contributed by atoms with van der Waals surface area (Å²) in [5.74, 6) is -0.634. The van der Waals surface area contributed by atoms with Crippen LogP contribution in [0.25, 0.3) is 0 Å². The number of ketones is 1. The Morgan fingerprint density at radius 3 is 2.17 bits per heavy atom. The average Bonchev–Trinajstić information content (AvgIpc) is 2.60. The monoisotopic (exact) mass is 322 g/mol. The highest BCUT2D eigenvalue weighted by Gasteiger charge is 2.10. The molecule has 0 spiro atoms. The maximum absolute atomic E-state index is 12.3. The molecule has 122 valence electrons. The van der Waals surface area contributed by atoms with E-state index < -0.39 is 0 Å². The fourth-order valence-corrected chi connectivity index (χ4v) is 2.06. The Kier molecular flexibility index (Phi) is 5.63. The largest absolute Gasteiger partial charge is 0.349 e. The molecule has 0 fully saturated rings. The standard InChI is InChI=1S/C19H18N2O3/c1-3-11-20-18(23)15-5-4-6-16(12-15)19(24)21-17-9-7-14(8-10-17)13(2)22/h3-10,12H,1,11H2,2H3,(H,20,23)(H,21,24). The fourth-order valence-electron chi connectivity index (χ4n) is 2.06. The first-order valence-corrected chi connectivity index (χ1v) is 7.43. The van der Waals surface area contributed by atoms with E-state index in [0.717, 1.165) is 0 Å². The third-order valence-corrected chi connectivity index (χ3v) is 3.34. The maximum atomic E-state index is 12.3. The molecule has 0 aliphatic heterocycles. The molecule has 24 heavy (non-hydrogen) atoms. The quantitative estimate of drug-likeness (QED) is 0.634. The molecule has 2 amide bonds. The molecule has 0 atom stereocenters. The molecule has 0 radical (unpaired) electrons. The lowest BCUT2D eigenvalue weighted by atomic mass is 10.1. The molecular formula is C19H18N2O3. The lowest BCUT2D eigenvalue weighted by Gasteiger charge is -2.08. The summed E-state index contributed by atoms with van der Waals surface area (Å²) in [5.41, 5.74) is 1.92. The molecule has 2 rings (SSSR count). The van der Waals surface area contributed by atoms with Crippen molar-refractivity contribution < 1.29 is 14.4 Å². The van der Waals surface area contributed by atoms with Crippen LogP contribution in [0, 0.1) is 0 Å². The molecule has 2 aromatic carbocycles. The highest BCUT2D eigenvalue weighted by Crippen LogP contribution is 2.13. The molecule has 0 bridgehead atoms. The van der Waals surface area contributed by atoms with Crippen LogP contribution in [0.5, 0.6) is 0 Å². The number of carbonyl (C=O) groups excluding carboxylic acids is 3. The summed E-state index contributed by atoms with van der Waals surface area (Å²) in [6, 6.07) is 13.1. The smallest absolute Gasteiger partial charge is 0.255 e. The van der Waals surface area contributed by atoms with Gasteiger partial charge in [-0.3, -0.25) is 14.4 Å². The Bertz CT molecular complexity index is 779. The molecule has 5 nitrogen and oxygen atoms in total. The van der Waals surface area contributed by atoms with Gasteiger partial charge in [0, 0.05) is 28.9 Å². The number of hydrogen-bond acceptors (Lipinski definition) is 3. The van der Waals surface area contributed by atoms with Gasteiger partial charge in [0.15, 0.2) is 5.78 Å². The van der Waals surface area contributed by atoms with Crippen molar-refractivity contribution in [3.05, 3.63) is 77.9 Å². The summed E-state index contributed by atoms with van der Waals surface area (Å²) in [5, 5.41) is 5.40. The minimum Gasteiger partial charge on any atom is -0.349 e. The van der Waals surface area contributed by atoms with Crippen LogP contribution in [0.3, 0.4) is 0 Å². The number of Topliss-reactive ketones (excluding diaryl/α,β-unsaturated/α-hetero) is 1. The van der Waals surface area contributed by atoms with Crippen molar-refractivity contribution in [2.45, 2.75) is 6.92 Å². The number of rotatable bonds is 6. The van der Waals surface area contributed by atoms with E-state index in [9.17, 15) is 14.4 Å². The zero-order valence-electron chi connectivity index (χ0n) is 13.3. The first kappa shape index (κ1) is 17.1. The third kappa shape index (κ3) is 4.39. The third-order valence-electron chi connectivity index (χ3n) is 3.34. The van der Waals surface area contributed by atoms with Crippen LogP contribution in [0.2, 0.25) is 0 Å². The van der Waals surface area contributed by atoms with Crippen molar-refractivity contribution in [2.24, 2.45) is 0 Å². The second-order valence-electron chi connectivity index (χ2n) is 5.17. The van der Waals surface area contributed by atoms with Gasteiger partial charge in [0.25, 0.3) is 11.8 Å². The number of anilines is 1. The van der Waals surface area contributed by atoms with Crippen LogP contribution in [-0.2, 0) is 0 Å². The van der Waals surface area contributed by atoms with Crippen molar-refractivity contribution in [2.75, 3.05) is 11.9 Å². The predicted molar refractivity (Wildman–Crippen MR) is 93.4 cm³/mol. The zero-order chi connectivity index (χ0) is 17.5. The van der Waals surface area contributed by atoms with Gasteiger partial charge >= 0.3 is 0 Å². The molecule has 0 saturated heterocycles. The molecule has 0 unspecified atom stereocenters. The van der Waals surface area contributed by atoms with Gasteiger partial charge in [0.1, 0.15) is 0 Å². The lowest BCUT2D eigenvalue weighted by molar-refractivity contribution is 0.0957. The molecule has 5 heteroatoms. The number of carbonyl (C=O) groups is 3. The van der Waals surface area contributed by atoms with Crippen molar-refractivity contribution in [3.8, 4) is 0 Å². The summed E-state index contributed by atoms with van der Waals surface area (Å²) in [7, 11) is 0. The number of hydrogen-bond donors (Lipinski definition) is 2. The SMILES string of the molecule is C=CCNC(=O)c1cccc(C(=O)Nc2ccc(C(C)=O)cc2)c1. The highest BCUT2D eigenvalue weighted by molar-refractivity contribution is 6.06. The summed E-state index contributed by atoms with van der Waals surface area (Å²) in [4.78, 5) is 35.5. The van der Waals surface area contributed by atoms with E-state index in [-0.39, 0.29) is 17.6 Å². The van der Waals surface area contributed by atoms with E-state index in [1.54, 1.807) is 48.5 Å². The van der Waals surface area contributed by atoms with Gasteiger partial charge in [-0.15, -0.1) is 6.58 Å². The summed E-state index contributed by atoms with van der Waals surface area (Å²) in [6.07, 6.45) is 1.58. The highest BCUT2D eigenvalue weighted by atomic mass is 16.2. The predicted octanol–water partition coefficient (Wildman–Crippen LogP) is 3.06. The van der Waals surface area contributed by atoms with Gasteiger partial charge in [-0.25, -0.2) is 0 Å². The summed E-state index contributed by atoms with van der Waals surface area (Å²) < 4.78 is 0. The Balaban J connectivity index is 2.10. The number of amides is 2. The molecule has 0 saturated carbocycles. The minimum absolute atomic E-state index is 0.0360. The molecule has 0 aromatic heterocycles. The number of nitrogens with one attached hydrogen (secondary N) is 2. The topological polar surface area (TPSA) is 75.3 Å². The van der Waals surface area contributed by atoms with E-state index in [1.165, 1.54) is 13.0 Å². The first-order chi connectivity index (χ1) is 11.5. The molecule has 0 aliphatic carbocycles. The Morgan fingerprint density at radius 2 is 1.58 bits per heavy atom. The Morgan fingerprint density at radius 1 is 0.958 bits per heavy atom. The van der Waals surface area contributed by atoms with Gasteiger partial charge < -0.3 is 10.6 Å². The Hall–Kier alpha value is -3.21. The van der Waals surface area contributed by atoms with Crippen LogP contribution in [0.4, 0.5) is 5.69 Å². The second kappa shape index (κ2) is 7.87. The summed E-state index contributed by atoms with van der Waals surface area (Å²) >= 11 is 0. The van der Waals surface area contributed by atoms with Crippen LogP contribution >= 0.6 is 0 Å². The molecule has 2 N–H and O–H groups in total. The van der Waals surface area contributed by atoms with E-state index in [1.807, 2.05) is 0 Å². The van der Waals surface area contributed by atoms with E-state index in [0.29, 0.717) is 28.9 Å². The second-order valence-corrected chi connectivity index (χ2v) is 5.17. The molecule has 0 aliphatic rings. The normalized spacial score (nSPS) is 9.88.